The number of nitrogens with zero attached hydrogens (tertiary/aromatic N) is 2. The van der Waals surface area contributed by atoms with Gasteiger partial charge in [-0.1, -0.05) is 6.07 Å². The molecule has 22 heavy (non-hydrogen) atoms. The summed E-state index contributed by atoms with van der Waals surface area (Å²) in [6, 6.07) is 8.13. The first kappa shape index (κ1) is 15.2. The zero-order valence-electron chi connectivity index (χ0n) is 13.3. The molecule has 2 saturated heterocycles. The molecule has 0 aromatic heterocycles. The maximum absolute atomic E-state index is 12.5. The van der Waals surface area contributed by atoms with Gasteiger partial charge in [-0.25, -0.2) is 0 Å². The Kier molecular flexibility index (Phi) is 4.83. The number of hydrogen-bond acceptors (Lipinski definition) is 4. The molecule has 1 aromatic carbocycles. The van der Waals surface area contributed by atoms with Crippen molar-refractivity contribution < 1.29 is 9.53 Å². The van der Waals surface area contributed by atoms with Gasteiger partial charge < -0.3 is 19.9 Å². The molecular weight excluding hydrogens is 278 g/mol. The molecule has 2 fully saturated rings. The zero-order chi connectivity index (χ0) is 15.4. The van der Waals surface area contributed by atoms with Crippen LogP contribution in [0.15, 0.2) is 24.3 Å². The number of carbonyl (C=O) groups is 1. The third-order valence-corrected chi connectivity index (χ3v) is 4.66. The van der Waals surface area contributed by atoms with Crippen LogP contribution in [0.1, 0.15) is 12.8 Å². The van der Waals surface area contributed by atoms with Crippen molar-refractivity contribution in [2.75, 3.05) is 51.3 Å². The molecule has 0 radical (unpaired) electrons. The smallest absolute Gasteiger partial charge is 0.227 e. The molecule has 120 valence electrons. The van der Waals surface area contributed by atoms with Crippen LogP contribution in [0.2, 0.25) is 0 Å². The van der Waals surface area contributed by atoms with E-state index in [2.05, 4.69) is 22.3 Å². The summed E-state index contributed by atoms with van der Waals surface area (Å²) < 4.78 is 5.29. The van der Waals surface area contributed by atoms with Crippen molar-refractivity contribution in [3.8, 4) is 5.75 Å². The van der Waals surface area contributed by atoms with Gasteiger partial charge in [-0.15, -0.1) is 0 Å². The lowest BCUT2D eigenvalue weighted by atomic mass is 9.98. The topological polar surface area (TPSA) is 44.8 Å². The number of benzene rings is 1. The maximum atomic E-state index is 12.5. The van der Waals surface area contributed by atoms with Crippen LogP contribution in [-0.4, -0.2) is 57.2 Å². The molecule has 2 aliphatic heterocycles. The first-order valence-corrected chi connectivity index (χ1v) is 8.16. The van der Waals surface area contributed by atoms with E-state index >= 15 is 0 Å². The lowest BCUT2D eigenvalue weighted by Gasteiger charge is -2.38. The van der Waals surface area contributed by atoms with Crippen LogP contribution in [0.4, 0.5) is 5.69 Å². The molecule has 1 atom stereocenters. The van der Waals surface area contributed by atoms with Crippen LogP contribution in [0.25, 0.3) is 0 Å². The highest BCUT2D eigenvalue weighted by atomic mass is 16.5. The second-order valence-corrected chi connectivity index (χ2v) is 6.06. The minimum atomic E-state index is 0.178. The van der Waals surface area contributed by atoms with Gasteiger partial charge in [0.15, 0.2) is 0 Å². The predicted molar refractivity (Wildman–Crippen MR) is 87.4 cm³/mol. The van der Waals surface area contributed by atoms with Gasteiger partial charge >= 0.3 is 0 Å². The highest BCUT2D eigenvalue weighted by Gasteiger charge is 2.28. The van der Waals surface area contributed by atoms with Crippen molar-refractivity contribution in [2.45, 2.75) is 12.8 Å². The fourth-order valence-electron chi connectivity index (χ4n) is 3.31. The average molecular weight is 303 g/mol. The Morgan fingerprint density at radius 1 is 1.27 bits per heavy atom. The second-order valence-electron chi connectivity index (χ2n) is 6.06. The molecular formula is C17H25N3O2. The molecule has 5 nitrogen and oxygen atoms in total. The first-order valence-electron chi connectivity index (χ1n) is 8.16. The number of nitrogens with one attached hydrogen (secondary N) is 1. The van der Waals surface area contributed by atoms with E-state index in [1.807, 2.05) is 17.0 Å². The monoisotopic (exact) mass is 303 g/mol. The Balaban J connectivity index is 1.56. The molecule has 2 heterocycles. The van der Waals surface area contributed by atoms with Crippen LogP contribution < -0.4 is 15.0 Å². The van der Waals surface area contributed by atoms with Crippen LogP contribution in [0.3, 0.4) is 0 Å². The maximum Gasteiger partial charge on any atom is 0.227 e. The number of anilines is 1. The minimum absolute atomic E-state index is 0.178. The summed E-state index contributed by atoms with van der Waals surface area (Å²) in [6.07, 6.45) is 2.14. The molecule has 3 rings (SSSR count). The van der Waals surface area contributed by atoms with Crippen molar-refractivity contribution in [2.24, 2.45) is 5.92 Å². The Hall–Kier alpha value is -1.75. The summed E-state index contributed by atoms with van der Waals surface area (Å²) in [6.45, 7) is 5.29. The molecule has 0 aliphatic carbocycles. The van der Waals surface area contributed by atoms with E-state index in [1.165, 1.54) is 5.69 Å². The third kappa shape index (κ3) is 3.35. The number of piperidine rings is 1. The van der Waals surface area contributed by atoms with Gasteiger partial charge in [0.05, 0.1) is 13.0 Å². The number of piperazine rings is 1. The predicted octanol–water partition coefficient (Wildman–Crippen LogP) is 1.34. The van der Waals surface area contributed by atoms with E-state index < -0.39 is 0 Å². The van der Waals surface area contributed by atoms with Gasteiger partial charge in [0.2, 0.25) is 5.91 Å². The zero-order valence-corrected chi connectivity index (χ0v) is 13.3. The van der Waals surface area contributed by atoms with Gasteiger partial charge in [-0.2, -0.15) is 0 Å². The molecule has 1 amide bonds. The number of rotatable bonds is 3. The summed E-state index contributed by atoms with van der Waals surface area (Å²) in [5, 5.41) is 3.33. The number of carbonyl (C=O) groups excluding carboxylic acids is 1. The molecule has 1 N–H and O–H groups in total. The summed E-state index contributed by atoms with van der Waals surface area (Å²) in [5.74, 6) is 1.39. The van der Waals surface area contributed by atoms with Gasteiger partial charge in [-0.3, -0.25) is 4.79 Å². The summed E-state index contributed by atoms with van der Waals surface area (Å²) in [5.41, 5.74) is 1.17. The van der Waals surface area contributed by atoms with E-state index in [-0.39, 0.29) is 5.92 Å². The fourth-order valence-corrected chi connectivity index (χ4v) is 3.31. The molecule has 1 aromatic rings. The number of amides is 1. The van der Waals surface area contributed by atoms with Crippen molar-refractivity contribution >= 4 is 11.6 Å². The molecule has 0 bridgehead atoms. The summed E-state index contributed by atoms with van der Waals surface area (Å²) in [7, 11) is 1.69. The number of hydrogen-bond donors (Lipinski definition) is 1. The standard InChI is InChI=1S/C17H25N3O2/c1-22-16-6-2-5-15(12-16)19-8-10-20(11-9-19)17(21)14-4-3-7-18-13-14/h2,5-6,12,14,18H,3-4,7-11,13H2,1H3/t14-/m1/s1. The Morgan fingerprint density at radius 3 is 2.77 bits per heavy atom. The lowest BCUT2D eigenvalue weighted by molar-refractivity contribution is -0.136. The van der Waals surface area contributed by atoms with Crippen molar-refractivity contribution in [1.82, 2.24) is 10.2 Å². The van der Waals surface area contributed by atoms with Crippen molar-refractivity contribution in [3.05, 3.63) is 24.3 Å². The number of methoxy groups -OCH3 is 1. The lowest BCUT2D eigenvalue weighted by Crippen LogP contribution is -2.52. The van der Waals surface area contributed by atoms with Crippen LogP contribution in [0.5, 0.6) is 5.75 Å². The van der Waals surface area contributed by atoms with Crippen molar-refractivity contribution in [3.63, 3.8) is 0 Å². The van der Waals surface area contributed by atoms with E-state index in [1.54, 1.807) is 7.11 Å². The Bertz CT molecular complexity index is 506. The molecule has 0 saturated carbocycles. The van der Waals surface area contributed by atoms with Gasteiger partial charge in [0.1, 0.15) is 5.75 Å². The largest absolute Gasteiger partial charge is 0.497 e. The normalized spacial score (nSPS) is 22.5. The van der Waals surface area contributed by atoms with Gasteiger partial charge in [0, 0.05) is 44.5 Å². The highest BCUT2D eigenvalue weighted by molar-refractivity contribution is 5.79. The number of ether oxygens (including phenoxy) is 1. The van der Waals surface area contributed by atoms with E-state index in [4.69, 9.17) is 4.74 Å². The van der Waals surface area contributed by atoms with Crippen LogP contribution in [-0.2, 0) is 4.79 Å². The van der Waals surface area contributed by atoms with Crippen LogP contribution in [0, 0.1) is 5.92 Å². The molecule has 5 heteroatoms. The van der Waals surface area contributed by atoms with Crippen LogP contribution >= 0.6 is 0 Å². The van der Waals surface area contributed by atoms with E-state index in [0.29, 0.717) is 5.91 Å². The minimum Gasteiger partial charge on any atom is -0.497 e. The second kappa shape index (κ2) is 7.01. The summed E-state index contributed by atoms with van der Waals surface area (Å²) in [4.78, 5) is 16.9. The highest BCUT2D eigenvalue weighted by Crippen LogP contribution is 2.23. The van der Waals surface area contributed by atoms with Crippen molar-refractivity contribution in [1.29, 1.82) is 0 Å². The van der Waals surface area contributed by atoms with Gasteiger partial charge in [0.25, 0.3) is 0 Å². The molecule has 2 aliphatic rings. The Morgan fingerprint density at radius 2 is 2.09 bits per heavy atom. The summed E-state index contributed by atoms with van der Waals surface area (Å²) >= 11 is 0. The average Bonchev–Trinajstić information content (AvgIpc) is 2.62. The Labute approximate surface area is 132 Å². The molecule has 0 spiro atoms. The first-order chi connectivity index (χ1) is 10.8. The SMILES string of the molecule is COc1cccc(N2CCN(C(=O)[C@@H]3CCCNC3)CC2)c1. The fraction of sp³-hybridized carbons (Fsp3) is 0.588. The molecule has 0 unspecified atom stereocenters. The quantitative estimate of drug-likeness (QED) is 0.915. The van der Waals surface area contributed by atoms with Gasteiger partial charge in [-0.05, 0) is 31.5 Å². The third-order valence-electron chi connectivity index (χ3n) is 4.66. The van der Waals surface area contributed by atoms with E-state index in [0.717, 1.165) is 57.9 Å². The van der Waals surface area contributed by atoms with E-state index in [9.17, 15) is 4.79 Å².